The summed E-state index contributed by atoms with van der Waals surface area (Å²) in [5.41, 5.74) is 1.71. The minimum absolute atomic E-state index is 0.00988. The summed E-state index contributed by atoms with van der Waals surface area (Å²) in [5.74, 6) is 0.750. The summed E-state index contributed by atoms with van der Waals surface area (Å²) >= 11 is 0. The van der Waals surface area contributed by atoms with Gasteiger partial charge in [-0.3, -0.25) is 4.79 Å². The maximum absolute atomic E-state index is 11.8. The number of nitrogens with zero attached hydrogens (tertiary/aromatic N) is 2. The zero-order chi connectivity index (χ0) is 18.3. The molecule has 2 N–H and O–H groups in total. The van der Waals surface area contributed by atoms with Gasteiger partial charge in [0.2, 0.25) is 5.91 Å². The van der Waals surface area contributed by atoms with Gasteiger partial charge in [-0.05, 0) is 43.6 Å². The third-order valence-corrected chi connectivity index (χ3v) is 4.88. The SMILES string of the molecule is CCC(C)NC(=NCC(=O)N(C)C)NCC1(Cc2ccccc2)CC1. The van der Waals surface area contributed by atoms with E-state index in [1.165, 1.54) is 18.4 Å². The molecule has 0 heterocycles. The maximum atomic E-state index is 11.8. The highest BCUT2D eigenvalue weighted by Crippen LogP contribution is 2.47. The summed E-state index contributed by atoms with van der Waals surface area (Å²) in [6.07, 6.45) is 4.58. The normalized spacial score (nSPS) is 16.9. The molecular formula is C20H32N4O. The van der Waals surface area contributed by atoms with Crippen molar-refractivity contribution in [3.8, 4) is 0 Å². The van der Waals surface area contributed by atoms with Crippen molar-refractivity contribution in [2.75, 3.05) is 27.2 Å². The molecule has 1 aromatic rings. The number of guanidine groups is 1. The Morgan fingerprint density at radius 2 is 1.96 bits per heavy atom. The van der Waals surface area contributed by atoms with E-state index in [-0.39, 0.29) is 12.5 Å². The van der Waals surface area contributed by atoms with Crippen molar-refractivity contribution in [3.05, 3.63) is 35.9 Å². The highest BCUT2D eigenvalue weighted by Gasteiger charge is 2.42. The summed E-state index contributed by atoms with van der Waals surface area (Å²) in [4.78, 5) is 17.9. The molecule has 1 aliphatic rings. The first-order valence-corrected chi connectivity index (χ1v) is 9.23. The van der Waals surface area contributed by atoms with Crippen LogP contribution in [0.15, 0.2) is 35.3 Å². The predicted molar refractivity (Wildman–Crippen MR) is 104 cm³/mol. The fraction of sp³-hybridized carbons (Fsp3) is 0.600. The number of benzene rings is 1. The second kappa shape index (κ2) is 8.88. The second-order valence-electron chi connectivity index (χ2n) is 7.42. The molecule has 138 valence electrons. The van der Waals surface area contributed by atoms with Crippen LogP contribution >= 0.6 is 0 Å². The van der Waals surface area contributed by atoms with Gasteiger partial charge in [-0.15, -0.1) is 0 Å². The minimum atomic E-state index is 0.00988. The number of carbonyl (C=O) groups is 1. The van der Waals surface area contributed by atoms with Gasteiger partial charge in [-0.2, -0.15) is 0 Å². The monoisotopic (exact) mass is 344 g/mol. The Labute approximate surface area is 151 Å². The molecule has 0 saturated heterocycles. The second-order valence-corrected chi connectivity index (χ2v) is 7.42. The van der Waals surface area contributed by atoms with Gasteiger partial charge in [0.15, 0.2) is 5.96 Å². The van der Waals surface area contributed by atoms with Gasteiger partial charge in [-0.25, -0.2) is 4.99 Å². The van der Waals surface area contributed by atoms with Gasteiger partial charge in [0.05, 0.1) is 0 Å². The molecule has 1 amide bonds. The van der Waals surface area contributed by atoms with Crippen molar-refractivity contribution in [1.29, 1.82) is 0 Å². The molecule has 0 aromatic heterocycles. The summed E-state index contributed by atoms with van der Waals surface area (Å²) in [7, 11) is 3.51. The van der Waals surface area contributed by atoms with E-state index in [4.69, 9.17) is 0 Å². The molecule has 25 heavy (non-hydrogen) atoms. The summed E-state index contributed by atoms with van der Waals surface area (Å²) in [6.45, 7) is 5.32. The van der Waals surface area contributed by atoms with Crippen LogP contribution < -0.4 is 10.6 Å². The zero-order valence-electron chi connectivity index (χ0n) is 16.0. The molecule has 1 fully saturated rings. The molecule has 5 heteroatoms. The lowest BCUT2D eigenvalue weighted by Gasteiger charge is -2.21. The first-order valence-electron chi connectivity index (χ1n) is 9.23. The maximum Gasteiger partial charge on any atom is 0.243 e. The minimum Gasteiger partial charge on any atom is -0.356 e. The number of nitrogens with one attached hydrogen (secondary N) is 2. The van der Waals surface area contributed by atoms with Crippen molar-refractivity contribution in [3.63, 3.8) is 0 Å². The quantitative estimate of drug-likeness (QED) is 0.562. The highest BCUT2D eigenvalue weighted by atomic mass is 16.2. The molecule has 1 saturated carbocycles. The lowest BCUT2D eigenvalue weighted by molar-refractivity contribution is -0.127. The van der Waals surface area contributed by atoms with E-state index in [1.54, 1.807) is 19.0 Å². The van der Waals surface area contributed by atoms with Crippen molar-refractivity contribution in [1.82, 2.24) is 15.5 Å². The van der Waals surface area contributed by atoms with Crippen LogP contribution in [-0.2, 0) is 11.2 Å². The number of amides is 1. The van der Waals surface area contributed by atoms with Crippen LogP contribution in [0.4, 0.5) is 0 Å². The topological polar surface area (TPSA) is 56.7 Å². The summed E-state index contributed by atoms with van der Waals surface area (Å²) in [5, 5.41) is 6.86. The predicted octanol–water partition coefficient (Wildman–Crippen LogP) is 2.43. The van der Waals surface area contributed by atoms with E-state index < -0.39 is 0 Å². The lowest BCUT2D eigenvalue weighted by atomic mass is 9.96. The molecular weight excluding hydrogens is 312 g/mol. The Bertz CT molecular complexity index is 579. The number of rotatable bonds is 8. The Morgan fingerprint density at radius 3 is 2.52 bits per heavy atom. The van der Waals surface area contributed by atoms with Gasteiger partial charge in [0.25, 0.3) is 0 Å². The van der Waals surface area contributed by atoms with Crippen LogP contribution in [0, 0.1) is 5.41 Å². The number of likely N-dealkylation sites (N-methyl/N-ethyl adjacent to an activating group) is 1. The standard InChI is InChI=1S/C20H32N4O/c1-5-16(2)23-19(21-14-18(25)24(3)4)22-15-20(11-12-20)13-17-9-7-6-8-10-17/h6-10,16H,5,11-15H2,1-4H3,(H2,21,22,23). The van der Waals surface area contributed by atoms with Gasteiger partial charge in [-0.1, -0.05) is 37.3 Å². The average Bonchev–Trinajstić information content (AvgIpc) is 3.37. The highest BCUT2D eigenvalue weighted by molar-refractivity contribution is 5.85. The number of aliphatic imine (C=N–C) groups is 1. The summed E-state index contributed by atoms with van der Waals surface area (Å²) < 4.78 is 0. The first kappa shape index (κ1) is 19.3. The molecule has 1 atom stereocenters. The molecule has 1 aromatic carbocycles. The first-order chi connectivity index (χ1) is 11.9. The van der Waals surface area contributed by atoms with E-state index in [1.807, 2.05) is 0 Å². The van der Waals surface area contributed by atoms with E-state index in [9.17, 15) is 4.79 Å². The number of hydrogen-bond donors (Lipinski definition) is 2. The molecule has 0 bridgehead atoms. The molecule has 1 aliphatic carbocycles. The van der Waals surface area contributed by atoms with Crippen LogP contribution in [0.2, 0.25) is 0 Å². The lowest BCUT2D eigenvalue weighted by Crippen LogP contribution is -2.45. The average molecular weight is 345 g/mol. The number of hydrogen-bond acceptors (Lipinski definition) is 2. The van der Waals surface area contributed by atoms with E-state index in [0.29, 0.717) is 11.5 Å². The van der Waals surface area contributed by atoms with Crippen molar-refractivity contribution in [2.24, 2.45) is 10.4 Å². The van der Waals surface area contributed by atoms with Gasteiger partial charge in [0.1, 0.15) is 6.54 Å². The Morgan fingerprint density at radius 1 is 1.28 bits per heavy atom. The van der Waals surface area contributed by atoms with Crippen LogP contribution in [0.25, 0.3) is 0 Å². The Kier molecular flexibility index (Phi) is 6.85. The summed E-state index contributed by atoms with van der Waals surface area (Å²) in [6, 6.07) is 11.0. The van der Waals surface area contributed by atoms with E-state index >= 15 is 0 Å². The largest absolute Gasteiger partial charge is 0.356 e. The molecule has 1 unspecified atom stereocenters. The van der Waals surface area contributed by atoms with Crippen LogP contribution in [0.1, 0.15) is 38.7 Å². The van der Waals surface area contributed by atoms with Crippen molar-refractivity contribution >= 4 is 11.9 Å². The molecule has 0 radical (unpaired) electrons. The number of carbonyl (C=O) groups excluding carboxylic acids is 1. The zero-order valence-corrected chi connectivity index (χ0v) is 16.0. The van der Waals surface area contributed by atoms with Gasteiger partial charge < -0.3 is 15.5 Å². The van der Waals surface area contributed by atoms with Crippen LogP contribution in [0.3, 0.4) is 0 Å². The van der Waals surface area contributed by atoms with Gasteiger partial charge in [0, 0.05) is 26.7 Å². The van der Waals surface area contributed by atoms with E-state index in [2.05, 4.69) is 59.8 Å². The van der Waals surface area contributed by atoms with Crippen LogP contribution in [-0.4, -0.2) is 50.0 Å². The van der Waals surface area contributed by atoms with Crippen molar-refractivity contribution < 1.29 is 4.79 Å². The third-order valence-electron chi connectivity index (χ3n) is 4.88. The van der Waals surface area contributed by atoms with E-state index in [0.717, 1.165) is 25.3 Å². The third kappa shape index (κ3) is 6.40. The van der Waals surface area contributed by atoms with Crippen molar-refractivity contribution in [2.45, 2.75) is 45.6 Å². The van der Waals surface area contributed by atoms with Crippen LogP contribution in [0.5, 0.6) is 0 Å². The Hall–Kier alpha value is -2.04. The molecule has 0 spiro atoms. The smallest absolute Gasteiger partial charge is 0.243 e. The fourth-order valence-corrected chi connectivity index (χ4v) is 2.67. The fourth-order valence-electron chi connectivity index (χ4n) is 2.67. The molecule has 5 nitrogen and oxygen atoms in total. The molecule has 0 aliphatic heterocycles. The van der Waals surface area contributed by atoms with Gasteiger partial charge >= 0.3 is 0 Å². The molecule has 2 rings (SSSR count). The Balaban J connectivity index is 1.94.